The van der Waals surface area contributed by atoms with E-state index in [0.29, 0.717) is 23.0 Å². The van der Waals surface area contributed by atoms with Gasteiger partial charge in [-0.1, -0.05) is 18.2 Å². The molecule has 0 radical (unpaired) electrons. The SMILES string of the molecule is Cc1cc2cc(C(=O)c3cnn(-c4cnc(OC/C=C\C=C/C(C)F)cc4C)c3N)[nH]c2cc1N1CCC[S+]1[O-]. The number of pyridine rings is 1. The van der Waals surface area contributed by atoms with Gasteiger partial charge in [-0.2, -0.15) is 9.40 Å². The number of benzene rings is 1. The van der Waals surface area contributed by atoms with Crippen molar-refractivity contribution in [3.8, 4) is 11.6 Å². The number of halogens is 1. The van der Waals surface area contributed by atoms with Crippen molar-refractivity contribution in [3.63, 3.8) is 0 Å². The number of nitrogens with two attached hydrogens (primary N) is 1. The maximum absolute atomic E-state index is 13.4. The van der Waals surface area contributed by atoms with Crippen LogP contribution in [0.3, 0.4) is 0 Å². The van der Waals surface area contributed by atoms with Gasteiger partial charge in [0.2, 0.25) is 11.7 Å². The first-order valence-electron chi connectivity index (χ1n) is 13.0. The van der Waals surface area contributed by atoms with Gasteiger partial charge >= 0.3 is 0 Å². The topological polar surface area (TPSA) is 125 Å². The number of hydrogen-bond donors (Lipinski definition) is 2. The Kier molecular flexibility index (Phi) is 7.95. The monoisotopic (exact) mass is 562 g/mol. The molecule has 0 bridgehead atoms. The van der Waals surface area contributed by atoms with E-state index in [2.05, 4.69) is 15.1 Å². The lowest BCUT2D eigenvalue weighted by Crippen LogP contribution is -2.25. The number of anilines is 2. The van der Waals surface area contributed by atoms with Gasteiger partial charge in [0, 0.05) is 23.4 Å². The van der Waals surface area contributed by atoms with Crippen molar-refractivity contribution in [2.24, 2.45) is 0 Å². The molecule has 1 saturated heterocycles. The number of fused-ring (bicyclic) bond motifs is 1. The first-order valence-corrected chi connectivity index (χ1v) is 14.3. The first-order chi connectivity index (χ1) is 19.2. The Hall–Kier alpha value is -4.09. The van der Waals surface area contributed by atoms with Gasteiger partial charge < -0.3 is 20.0 Å². The molecule has 208 valence electrons. The second-order valence-corrected chi connectivity index (χ2v) is 11.2. The number of ether oxygens (including phenoxy) is 1. The third kappa shape index (κ3) is 5.61. The molecule has 0 amide bonds. The van der Waals surface area contributed by atoms with E-state index in [1.165, 1.54) is 23.9 Å². The van der Waals surface area contributed by atoms with E-state index in [0.717, 1.165) is 40.7 Å². The molecule has 1 aromatic carbocycles. The summed E-state index contributed by atoms with van der Waals surface area (Å²) in [6, 6.07) is 7.51. The largest absolute Gasteiger partial charge is 0.593 e. The van der Waals surface area contributed by atoms with Gasteiger partial charge in [0.25, 0.3) is 0 Å². The highest BCUT2D eigenvalue weighted by Gasteiger charge is 2.29. The average Bonchev–Trinajstić information content (AvgIpc) is 3.63. The number of carbonyl (C=O) groups is 1. The highest BCUT2D eigenvalue weighted by molar-refractivity contribution is 7.93. The molecule has 1 aliphatic heterocycles. The summed E-state index contributed by atoms with van der Waals surface area (Å²) in [6.45, 7) is 6.34. The van der Waals surface area contributed by atoms with Crippen molar-refractivity contribution in [2.45, 2.75) is 33.4 Å². The van der Waals surface area contributed by atoms with Gasteiger partial charge in [-0.25, -0.2) is 14.1 Å². The minimum Gasteiger partial charge on any atom is -0.593 e. The van der Waals surface area contributed by atoms with Crippen LogP contribution in [0.15, 0.2) is 61.0 Å². The van der Waals surface area contributed by atoms with E-state index in [1.54, 1.807) is 36.6 Å². The van der Waals surface area contributed by atoms with Crippen LogP contribution < -0.4 is 14.8 Å². The van der Waals surface area contributed by atoms with Gasteiger partial charge in [0.05, 0.1) is 52.9 Å². The van der Waals surface area contributed by atoms with Crippen LogP contribution in [0, 0.1) is 13.8 Å². The molecule has 0 spiro atoms. The van der Waals surface area contributed by atoms with Crippen molar-refractivity contribution >= 4 is 39.6 Å². The van der Waals surface area contributed by atoms with Crippen LogP contribution >= 0.6 is 0 Å². The number of alkyl halides is 1. The van der Waals surface area contributed by atoms with Crippen LogP contribution in [-0.4, -0.2) is 55.2 Å². The summed E-state index contributed by atoms with van der Waals surface area (Å²) >= 11 is -1.03. The fourth-order valence-electron chi connectivity index (χ4n) is 4.63. The van der Waals surface area contributed by atoms with Crippen LogP contribution in [0.25, 0.3) is 16.6 Å². The van der Waals surface area contributed by atoms with E-state index in [-0.39, 0.29) is 23.8 Å². The summed E-state index contributed by atoms with van der Waals surface area (Å²) in [5, 5.41) is 5.25. The van der Waals surface area contributed by atoms with E-state index in [4.69, 9.17) is 10.5 Å². The number of nitrogens with zero attached hydrogens (tertiary/aromatic N) is 4. The average molecular weight is 563 g/mol. The summed E-state index contributed by atoms with van der Waals surface area (Å²) < 4.78 is 34.2. The quantitative estimate of drug-likeness (QED) is 0.169. The zero-order chi connectivity index (χ0) is 28.4. The standard InChI is InChI=1S/C29H31FN6O3S/c1-18-12-21-14-24(34-23(21)15-25(18)35-9-7-11-40(35)38)28(37)22-16-33-36(29(22)31)26-17-32-27(13-19(26)2)39-10-6-4-5-8-20(3)30/h4-6,8,12-17,20,34H,7,9-11,31H2,1-3H3/b6-4-,8-5-. The second kappa shape index (κ2) is 11.6. The number of nitrogen functional groups attached to an aromatic ring is 1. The van der Waals surface area contributed by atoms with Crippen LogP contribution in [0.2, 0.25) is 0 Å². The molecule has 9 nitrogen and oxygen atoms in total. The Morgan fingerprint density at radius 1 is 1.23 bits per heavy atom. The van der Waals surface area contributed by atoms with Crippen molar-refractivity contribution < 1.29 is 18.5 Å². The number of rotatable bonds is 9. The Balaban J connectivity index is 1.33. The highest BCUT2D eigenvalue weighted by atomic mass is 32.2. The van der Waals surface area contributed by atoms with Crippen LogP contribution in [0.4, 0.5) is 15.9 Å². The summed E-state index contributed by atoms with van der Waals surface area (Å²) in [6.07, 6.45) is 9.47. The van der Waals surface area contributed by atoms with E-state index < -0.39 is 17.5 Å². The van der Waals surface area contributed by atoms with Gasteiger partial charge in [-0.3, -0.25) is 4.79 Å². The molecule has 5 rings (SSSR count). The van der Waals surface area contributed by atoms with Gasteiger partial charge in [0.1, 0.15) is 24.3 Å². The van der Waals surface area contributed by atoms with E-state index in [9.17, 15) is 13.7 Å². The lowest BCUT2D eigenvalue weighted by atomic mass is 10.1. The fraction of sp³-hybridized carbons (Fsp3) is 0.276. The Morgan fingerprint density at radius 3 is 2.75 bits per heavy atom. The summed E-state index contributed by atoms with van der Waals surface area (Å²) in [5.74, 6) is 0.999. The minimum absolute atomic E-state index is 0.198. The molecule has 2 unspecified atom stereocenters. The molecule has 2 atom stereocenters. The predicted octanol–water partition coefficient (Wildman–Crippen LogP) is 4.90. The van der Waals surface area contributed by atoms with Crippen LogP contribution in [0.5, 0.6) is 5.88 Å². The summed E-state index contributed by atoms with van der Waals surface area (Å²) in [5.41, 5.74) is 11.2. The maximum atomic E-state index is 13.4. The van der Waals surface area contributed by atoms with Crippen LogP contribution in [0.1, 0.15) is 40.5 Å². The Morgan fingerprint density at radius 2 is 2.02 bits per heavy atom. The molecule has 1 aliphatic rings. The van der Waals surface area contributed by atoms with Crippen molar-refractivity contribution in [1.82, 2.24) is 19.7 Å². The number of nitrogens with one attached hydrogen (secondary N) is 1. The molecule has 4 aromatic rings. The number of carbonyl (C=O) groups excluding carboxylic acids is 1. The molecule has 4 heterocycles. The second-order valence-electron chi connectivity index (χ2n) is 9.69. The number of aryl methyl sites for hydroxylation is 2. The van der Waals surface area contributed by atoms with Crippen LogP contribution in [-0.2, 0) is 11.4 Å². The zero-order valence-corrected chi connectivity index (χ0v) is 23.4. The van der Waals surface area contributed by atoms with E-state index >= 15 is 0 Å². The lowest BCUT2D eigenvalue weighted by Gasteiger charge is -2.20. The molecule has 11 heteroatoms. The van der Waals surface area contributed by atoms with Gasteiger partial charge in [-0.05, 0) is 56.2 Å². The molecule has 0 saturated carbocycles. The number of hydrogen-bond acceptors (Lipinski definition) is 7. The maximum Gasteiger partial charge on any atom is 0.214 e. The molecular formula is C29H31FN6O3S. The number of ketones is 1. The fourth-order valence-corrected chi connectivity index (χ4v) is 5.97. The van der Waals surface area contributed by atoms with E-state index in [1.807, 2.05) is 30.3 Å². The molecular weight excluding hydrogens is 531 g/mol. The highest BCUT2D eigenvalue weighted by Crippen LogP contribution is 2.32. The molecule has 40 heavy (non-hydrogen) atoms. The zero-order valence-electron chi connectivity index (χ0n) is 22.6. The number of H-pyrrole nitrogens is 1. The molecule has 3 aromatic heterocycles. The molecule has 1 fully saturated rings. The van der Waals surface area contributed by atoms with Crippen molar-refractivity contribution in [1.29, 1.82) is 0 Å². The summed E-state index contributed by atoms with van der Waals surface area (Å²) in [4.78, 5) is 21.0. The first kappa shape index (κ1) is 27.5. The smallest absolute Gasteiger partial charge is 0.214 e. The normalized spacial score (nSPS) is 16.5. The third-order valence-corrected chi connectivity index (χ3v) is 8.17. The van der Waals surface area contributed by atoms with Crippen molar-refractivity contribution in [2.75, 3.05) is 28.9 Å². The number of aromatic amines is 1. The Labute approximate surface area is 234 Å². The number of aromatic nitrogens is 4. The lowest BCUT2D eigenvalue weighted by molar-refractivity contribution is 0.103. The number of allylic oxidation sites excluding steroid dienone is 3. The van der Waals surface area contributed by atoms with Crippen molar-refractivity contribution in [3.05, 3.63) is 83.3 Å². The predicted molar refractivity (Wildman–Crippen MR) is 156 cm³/mol. The molecule has 0 aliphatic carbocycles. The van der Waals surface area contributed by atoms with Gasteiger partial charge in [-0.15, -0.1) is 0 Å². The molecule has 3 N–H and O–H groups in total. The van der Waals surface area contributed by atoms with Gasteiger partial charge in [0.15, 0.2) is 0 Å². The third-order valence-electron chi connectivity index (χ3n) is 6.66. The minimum atomic E-state index is -1.03. The Bertz CT molecular complexity index is 1610. The summed E-state index contributed by atoms with van der Waals surface area (Å²) in [7, 11) is 0.